The van der Waals surface area contributed by atoms with Crippen LogP contribution in [0.4, 0.5) is 14.5 Å². The molecule has 1 unspecified atom stereocenters. The van der Waals surface area contributed by atoms with Crippen LogP contribution in [0.2, 0.25) is 5.02 Å². The van der Waals surface area contributed by atoms with Crippen LogP contribution in [-0.2, 0) is 4.79 Å². The van der Waals surface area contributed by atoms with Crippen molar-refractivity contribution in [2.75, 3.05) is 18.6 Å². The highest BCUT2D eigenvalue weighted by Crippen LogP contribution is 2.35. The Morgan fingerprint density at radius 3 is 2.79 bits per heavy atom. The van der Waals surface area contributed by atoms with Crippen molar-refractivity contribution in [3.8, 4) is 17.1 Å². The molecule has 2 heterocycles. The van der Waals surface area contributed by atoms with Crippen molar-refractivity contribution in [2.24, 2.45) is 0 Å². The number of amides is 1. The minimum atomic E-state index is -0.542. The zero-order chi connectivity index (χ0) is 19.8. The number of hydrogen-bond acceptors (Lipinski definition) is 5. The van der Waals surface area contributed by atoms with E-state index in [4.69, 9.17) is 20.9 Å². The average molecular weight is 406 g/mol. The van der Waals surface area contributed by atoms with Gasteiger partial charge in [0, 0.05) is 18.5 Å². The molecule has 0 saturated carbocycles. The molecule has 3 aromatic rings. The van der Waals surface area contributed by atoms with Crippen LogP contribution in [-0.4, -0.2) is 29.7 Å². The standard InChI is InChI=1S/C19H14ClF2N3O3/c1-27-16-5-2-10(6-14(16)22)18-23-19(28-24-18)11-7-17(26)25(9-11)15-4-3-12(21)8-13(15)20/h2-6,8,11H,7,9H2,1H3. The first-order valence-electron chi connectivity index (χ1n) is 8.39. The highest BCUT2D eigenvalue weighted by Gasteiger charge is 2.36. The Balaban J connectivity index is 1.56. The summed E-state index contributed by atoms with van der Waals surface area (Å²) in [5.41, 5.74) is 0.851. The van der Waals surface area contributed by atoms with Gasteiger partial charge in [-0.3, -0.25) is 4.79 Å². The molecule has 1 saturated heterocycles. The fraction of sp³-hybridized carbons (Fsp3) is 0.211. The molecular formula is C19H14ClF2N3O3. The molecule has 2 aromatic carbocycles. The number of ether oxygens (including phenoxy) is 1. The second-order valence-corrected chi connectivity index (χ2v) is 6.71. The summed E-state index contributed by atoms with van der Waals surface area (Å²) in [7, 11) is 1.38. The maximum atomic E-state index is 13.9. The third-order valence-corrected chi connectivity index (χ3v) is 4.83. The summed E-state index contributed by atoms with van der Waals surface area (Å²) in [6.45, 7) is 0.267. The summed E-state index contributed by atoms with van der Waals surface area (Å²) in [5.74, 6) is -0.972. The summed E-state index contributed by atoms with van der Waals surface area (Å²) in [4.78, 5) is 18.2. The minimum absolute atomic E-state index is 0.112. The highest BCUT2D eigenvalue weighted by molar-refractivity contribution is 6.33. The maximum Gasteiger partial charge on any atom is 0.232 e. The minimum Gasteiger partial charge on any atom is -0.494 e. The number of nitrogens with zero attached hydrogens (tertiary/aromatic N) is 3. The van der Waals surface area contributed by atoms with E-state index in [-0.39, 0.29) is 47.3 Å². The molecule has 0 radical (unpaired) electrons. The first-order valence-corrected chi connectivity index (χ1v) is 8.77. The molecule has 1 atom stereocenters. The first kappa shape index (κ1) is 18.4. The number of carbonyl (C=O) groups excluding carboxylic acids is 1. The molecule has 6 nitrogen and oxygen atoms in total. The smallest absolute Gasteiger partial charge is 0.232 e. The second-order valence-electron chi connectivity index (χ2n) is 6.31. The SMILES string of the molecule is COc1ccc(-c2noc(C3CC(=O)N(c4ccc(F)cc4Cl)C3)n2)cc1F. The molecule has 1 aromatic heterocycles. The lowest BCUT2D eigenvalue weighted by Gasteiger charge is -2.17. The van der Waals surface area contributed by atoms with Crippen molar-refractivity contribution in [1.29, 1.82) is 0 Å². The molecule has 1 fully saturated rings. The van der Waals surface area contributed by atoms with Gasteiger partial charge in [-0.05, 0) is 36.4 Å². The second kappa shape index (κ2) is 7.20. The van der Waals surface area contributed by atoms with Gasteiger partial charge in [0.15, 0.2) is 11.6 Å². The Morgan fingerprint density at radius 1 is 1.25 bits per heavy atom. The van der Waals surface area contributed by atoms with Crippen molar-refractivity contribution in [2.45, 2.75) is 12.3 Å². The van der Waals surface area contributed by atoms with E-state index >= 15 is 0 Å². The summed E-state index contributed by atoms with van der Waals surface area (Å²) in [5, 5.41) is 4.03. The van der Waals surface area contributed by atoms with Crippen molar-refractivity contribution >= 4 is 23.2 Å². The molecule has 1 aliphatic rings. The van der Waals surface area contributed by atoms with Crippen LogP contribution >= 0.6 is 11.6 Å². The Kier molecular flexibility index (Phi) is 4.72. The lowest BCUT2D eigenvalue weighted by molar-refractivity contribution is -0.117. The van der Waals surface area contributed by atoms with Crippen LogP contribution in [0.5, 0.6) is 5.75 Å². The van der Waals surface area contributed by atoms with Crippen LogP contribution in [0.1, 0.15) is 18.2 Å². The molecule has 1 aliphatic heterocycles. The Hall–Kier alpha value is -3.00. The summed E-state index contributed by atoms with van der Waals surface area (Å²) >= 11 is 6.06. The van der Waals surface area contributed by atoms with E-state index in [9.17, 15) is 13.6 Å². The zero-order valence-corrected chi connectivity index (χ0v) is 15.4. The Morgan fingerprint density at radius 2 is 2.07 bits per heavy atom. The molecule has 0 spiro atoms. The number of anilines is 1. The van der Waals surface area contributed by atoms with Gasteiger partial charge in [-0.15, -0.1) is 0 Å². The molecule has 9 heteroatoms. The Bertz CT molecular complexity index is 1060. The van der Waals surface area contributed by atoms with Gasteiger partial charge in [0.05, 0.1) is 23.7 Å². The average Bonchev–Trinajstić information content (AvgIpc) is 3.29. The van der Waals surface area contributed by atoms with Gasteiger partial charge in [-0.1, -0.05) is 16.8 Å². The van der Waals surface area contributed by atoms with Gasteiger partial charge in [0.2, 0.25) is 17.6 Å². The fourth-order valence-corrected chi connectivity index (χ4v) is 3.40. The van der Waals surface area contributed by atoms with Gasteiger partial charge >= 0.3 is 0 Å². The number of carbonyl (C=O) groups is 1. The largest absolute Gasteiger partial charge is 0.494 e. The quantitative estimate of drug-likeness (QED) is 0.650. The van der Waals surface area contributed by atoms with E-state index in [0.717, 1.165) is 6.07 Å². The van der Waals surface area contributed by atoms with Gasteiger partial charge in [0.1, 0.15) is 5.82 Å². The van der Waals surface area contributed by atoms with E-state index in [1.165, 1.54) is 36.3 Å². The monoisotopic (exact) mass is 405 g/mol. The number of methoxy groups -OCH3 is 1. The van der Waals surface area contributed by atoms with Gasteiger partial charge < -0.3 is 14.2 Å². The first-order chi connectivity index (χ1) is 13.5. The van der Waals surface area contributed by atoms with Crippen LogP contribution in [0.3, 0.4) is 0 Å². The molecule has 4 rings (SSSR count). The number of aromatic nitrogens is 2. The van der Waals surface area contributed by atoms with Crippen LogP contribution in [0.15, 0.2) is 40.9 Å². The lowest BCUT2D eigenvalue weighted by atomic mass is 10.1. The van der Waals surface area contributed by atoms with Crippen LogP contribution in [0.25, 0.3) is 11.4 Å². The van der Waals surface area contributed by atoms with Crippen molar-refractivity contribution in [1.82, 2.24) is 10.1 Å². The van der Waals surface area contributed by atoms with Gasteiger partial charge in [-0.2, -0.15) is 4.98 Å². The van der Waals surface area contributed by atoms with E-state index in [1.54, 1.807) is 6.07 Å². The van der Waals surface area contributed by atoms with E-state index in [2.05, 4.69) is 10.1 Å². The highest BCUT2D eigenvalue weighted by atomic mass is 35.5. The molecule has 0 bridgehead atoms. The van der Waals surface area contributed by atoms with Crippen LogP contribution < -0.4 is 9.64 Å². The Labute approximate surface area is 163 Å². The summed E-state index contributed by atoms with van der Waals surface area (Å²) in [6, 6.07) is 8.18. The van der Waals surface area contributed by atoms with Gasteiger partial charge in [0.25, 0.3) is 0 Å². The predicted molar refractivity (Wildman–Crippen MR) is 97.4 cm³/mol. The topological polar surface area (TPSA) is 68.5 Å². The molecule has 0 N–H and O–H groups in total. The summed E-state index contributed by atoms with van der Waals surface area (Å²) < 4.78 is 37.3. The van der Waals surface area contributed by atoms with Crippen molar-refractivity contribution in [3.05, 3.63) is 58.9 Å². The normalized spacial score (nSPS) is 16.6. The maximum absolute atomic E-state index is 13.9. The third kappa shape index (κ3) is 3.31. The predicted octanol–water partition coefficient (Wildman–Crippen LogP) is 4.20. The summed E-state index contributed by atoms with van der Waals surface area (Å²) in [6.07, 6.45) is 0.145. The molecule has 144 valence electrons. The fourth-order valence-electron chi connectivity index (χ4n) is 3.13. The van der Waals surface area contributed by atoms with Crippen LogP contribution in [0, 0.1) is 11.6 Å². The molecule has 1 amide bonds. The van der Waals surface area contributed by atoms with E-state index < -0.39 is 11.6 Å². The number of halogens is 3. The van der Waals surface area contributed by atoms with Crippen molar-refractivity contribution in [3.63, 3.8) is 0 Å². The number of benzene rings is 2. The van der Waals surface area contributed by atoms with E-state index in [0.29, 0.717) is 11.3 Å². The lowest BCUT2D eigenvalue weighted by Crippen LogP contribution is -2.24. The third-order valence-electron chi connectivity index (χ3n) is 4.53. The number of hydrogen-bond donors (Lipinski definition) is 0. The number of rotatable bonds is 4. The van der Waals surface area contributed by atoms with Crippen molar-refractivity contribution < 1.29 is 22.8 Å². The molecular weight excluding hydrogens is 392 g/mol. The van der Waals surface area contributed by atoms with E-state index in [1.807, 2.05) is 0 Å². The zero-order valence-electron chi connectivity index (χ0n) is 14.7. The molecule has 28 heavy (non-hydrogen) atoms. The molecule has 0 aliphatic carbocycles. The van der Waals surface area contributed by atoms with Gasteiger partial charge in [-0.25, -0.2) is 8.78 Å².